The Hall–Kier alpha value is -1.19. The Labute approximate surface area is 109 Å². The predicted octanol–water partition coefficient (Wildman–Crippen LogP) is 2.57. The smallest absolute Gasteiger partial charge is 0.132 e. The molecule has 0 fully saturated rings. The normalized spacial score (nSPS) is 14.5. The monoisotopic (exact) mass is 250 g/mol. The van der Waals surface area contributed by atoms with Crippen LogP contribution in [0.3, 0.4) is 0 Å². The summed E-state index contributed by atoms with van der Waals surface area (Å²) in [5.41, 5.74) is 1.07. The van der Waals surface area contributed by atoms with E-state index in [1.807, 2.05) is 44.2 Å². The van der Waals surface area contributed by atoms with Gasteiger partial charge in [0.1, 0.15) is 5.78 Å². The summed E-state index contributed by atoms with van der Waals surface area (Å²) in [5.74, 6) is 0.152. The predicted molar refractivity (Wildman–Crippen MR) is 71.2 cm³/mol. The van der Waals surface area contributed by atoms with Crippen molar-refractivity contribution in [2.75, 3.05) is 0 Å². The Bertz CT molecular complexity index is 359. The van der Waals surface area contributed by atoms with E-state index in [4.69, 9.17) is 4.74 Å². The molecule has 3 heteroatoms. The molecular weight excluding hydrogens is 228 g/mol. The summed E-state index contributed by atoms with van der Waals surface area (Å²) in [5, 5.41) is 9.98. The molecule has 0 saturated carbocycles. The van der Waals surface area contributed by atoms with E-state index < -0.39 is 6.10 Å². The number of hydrogen-bond acceptors (Lipinski definition) is 3. The number of aliphatic hydroxyl groups is 1. The summed E-state index contributed by atoms with van der Waals surface area (Å²) in [6.45, 7) is 5.91. The largest absolute Gasteiger partial charge is 0.390 e. The molecule has 0 aliphatic carbocycles. The molecular formula is C15H22O3. The maximum atomic E-state index is 11.0. The van der Waals surface area contributed by atoms with Crippen molar-refractivity contribution >= 4 is 5.78 Å². The highest BCUT2D eigenvalue weighted by atomic mass is 16.5. The van der Waals surface area contributed by atoms with Gasteiger partial charge in [-0.25, -0.2) is 0 Å². The average molecular weight is 250 g/mol. The Morgan fingerprint density at radius 1 is 1.28 bits per heavy atom. The SMILES string of the molecule is CC(=O)C[C@H](O)[C@H](OCc1ccccc1)C(C)C. The number of Topliss-reactive ketones (excluding diaryl/α,β-unsaturated/α-hetero) is 1. The summed E-state index contributed by atoms with van der Waals surface area (Å²) in [6.07, 6.45) is -0.891. The third-order valence-electron chi connectivity index (χ3n) is 2.82. The van der Waals surface area contributed by atoms with Crippen LogP contribution in [0.2, 0.25) is 0 Å². The van der Waals surface area contributed by atoms with Gasteiger partial charge in [0.15, 0.2) is 0 Å². The Kier molecular flexibility index (Phi) is 6.02. The second-order valence-electron chi connectivity index (χ2n) is 4.98. The zero-order chi connectivity index (χ0) is 13.5. The van der Waals surface area contributed by atoms with E-state index in [9.17, 15) is 9.90 Å². The van der Waals surface area contributed by atoms with Gasteiger partial charge in [0.2, 0.25) is 0 Å². The molecule has 0 aromatic heterocycles. The van der Waals surface area contributed by atoms with Crippen LogP contribution in [-0.4, -0.2) is 23.1 Å². The van der Waals surface area contributed by atoms with Gasteiger partial charge in [0, 0.05) is 6.42 Å². The molecule has 3 nitrogen and oxygen atoms in total. The molecule has 100 valence electrons. The van der Waals surface area contributed by atoms with Crippen molar-refractivity contribution in [2.45, 2.75) is 46.0 Å². The van der Waals surface area contributed by atoms with Crippen molar-refractivity contribution in [3.05, 3.63) is 35.9 Å². The van der Waals surface area contributed by atoms with Crippen LogP contribution in [0.15, 0.2) is 30.3 Å². The molecule has 0 bridgehead atoms. The zero-order valence-electron chi connectivity index (χ0n) is 11.3. The Morgan fingerprint density at radius 2 is 1.89 bits per heavy atom. The van der Waals surface area contributed by atoms with Crippen LogP contribution in [0, 0.1) is 5.92 Å². The van der Waals surface area contributed by atoms with Crippen LogP contribution in [-0.2, 0) is 16.1 Å². The van der Waals surface area contributed by atoms with Crippen molar-refractivity contribution in [3.8, 4) is 0 Å². The van der Waals surface area contributed by atoms with E-state index in [2.05, 4.69) is 0 Å². The highest BCUT2D eigenvalue weighted by Crippen LogP contribution is 2.16. The Balaban J connectivity index is 2.55. The van der Waals surface area contributed by atoms with Crippen LogP contribution in [0.5, 0.6) is 0 Å². The number of hydrogen-bond donors (Lipinski definition) is 1. The van der Waals surface area contributed by atoms with Crippen molar-refractivity contribution in [1.82, 2.24) is 0 Å². The fraction of sp³-hybridized carbons (Fsp3) is 0.533. The lowest BCUT2D eigenvalue weighted by Crippen LogP contribution is -2.35. The van der Waals surface area contributed by atoms with Crippen LogP contribution < -0.4 is 0 Å². The number of rotatable bonds is 7. The third kappa shape index (κ3) is 4.98. The number of ketones is 1. The Morgan fingerprint density at radius 3 is 2.39 bits per heavy atom. The average Bonchev–Trinajstić information content (AvgIpc) is 2.29. The summed E-state index contributed by atoms with van der Waals surface area (Å²) in [4.78, 5) is 11.0. The maximum absolute atomic E-state index is 11.0. The second-order valence-corrected chi connectivity index (χ2v) is 4.98. The summed E-state index contributed by atoms with van der Waals surface area (Å²) in [6, 6.07) is 9.82. The molecule has 0 radical (unpaired) electrons. The first kappa shape index (κ1) is 14.9. The minimum absolute atomic E-state index is 0.0172. The van der Waals surface area contributed by atoms with Crippen molar-refractivity contribution < 1.29 is 14.6 Å². The number of benzene rings is 1. The van der Waals surface area contributed by atoms with Gasteiger partial charge in [-0.1, -0.05) is 44.2 Å². The highest BCUT2D eigenvalue weighted by Gasteiger charge is 2.24. The van der Waals surface area contributed by atoms with Gasteiger partial charge >= 0.3 is 0 Å². The number of ether oxygens (including phenoxy) is 1. The summed E-state index contributed by atoms with van der Waals surface area (Å²) >= 11 is 0. The molecule has 0 unspecified atom stereocenters. The van der Waals surface area contributed by atoms with Gasteiger partial charge in [-0.05, 0) is 18.4 Å². The van der Waals surface area contributed by atoms with Gasteiger partial charge in [-0.2, -0.15) is 0 Å². The van der Waals surface area contributed by atoms with Gasteiger partial charge in [-0.3, -0.25) is 4.79 Å². The van der Waals surface area contributed by atoms with E-state index >= 15 is 0 Å². The van der Waals surface area contributed by atoms with E-state index in [-0.39, 0.29) is 24.2 Å². The maximum Gasteiger partial charge on any atom is 0.132 e. The van der Waals surface area contributed by atoms with Crippen molar-refractivity contribution in [1.29, 1.82) is 0 Å². The lowest BCUT2D eigenvalue weighted by atomic mass is 9.98. The van der Waals surface area contributed by atoms with Crippen molar-refractivity contribution in [3.63, 3.8) is 0 Å². The minimum Gasteiger partial charge on any atom is -0.390 e. The first-order valence-corrected chi connectivity index (χ1v) is 6.33. The molecule has 1 aromatic rings. The van der Waals surface area contributed by atoms with E-state index in [1.54, 1.807) is 0 Å². The molecule has 1 N–H and O–H groups in total. The molecule has 1 rings (SSSR count). The molecule has 0 saturated heterocycles. The number of carbonyl (C=O) groups excluding carboxylic acids is 1. The number of aliphatic hydroxyl groups excluding tert-OH is 1. The van der Waals surface area contributed by atoms with E-state index in [1.165, 1.54) is 6.92 Å². The first-order valence-electron chi connectivity index (χ1n) is 6.33. The first-order chi connectivity index (χ1) is 8.50. The highest BCUT2D eigenvalue weighted by molar-refractivity contribution is 5.76. The number of carbonyl (C=O) groups is 1. The van der Waals surface area contributed by atoms with Gasteiger partial charge in [0.25, 0.3) is 0 Å². The fourth-order valence-electron chi connectivity index (χ4n) is 1.93. The summed E-state index contributed by atoms with van der Waals surface area (Å²) in [7, 11) is 0. The quantitative estimate of drug-likeness (QED) is 0.809. The lowest BCUT2D eigenvalue weighted by molar-refractivity contribution is -0.124. The molecule has 0 aliphatic rings. The van der Waals surface area contributed by atoms with Crippen LogP contribution >= 0.6 is 0 Å². The molecule has 18 heavy (non-hydrogen) atoms. The van der Waals surface area contributed by atoms with Crippen LogP contribution in [0.25, 0.3) is 0 Å². The standard InChI is InChI=1S/C15H22O3/c1-11(2)15(14(17)9-12(3)16)18-10-13-7-5-4-6-8-13/h4-8,11,14-15,17H,9-10H2,1-3H3/t14-,15+/m0/s1. The molecule has 0 aliphatic heterocycles. The lowest BCUT2D eigenvalue weighted by Gasteiger charge is -2.26. The second kappa shape index (κ2) is 7.29. The van der Waals surface area contributed by atoms with Crippen LogP contribution in [0.1, 0.15) is 32.8 Å². The minimum atomic E-state index is -0.730. The molecule has 2 atom stereocenters. The van der Waals surface area contributed by atoms with E-state index in [0.717, 1.165) is 5.56 Å². The van der Waals surface area contributed by atoms with E-state index in [0.29, 0.717) is 6.61 Å². The summed E-state index contributed by atoms with van der Waals surface area (Å²) < 4.78 is 5.75. The molecule has 1 aromatic carbocycles. The fourth-order valence-corrected chi connectivity index (χ4v) is 1.93. The van der Waals surface area contributed by atoms with Crippen molar-refractivity contribution in [2.24, 2.45) is 5.92 Å². The third-order valence-corrected chi connectivity index (χ3v) is 2.82. The molecule has 0 spiro atoms. The molecule has 0 amide bonds. The topological polar surface area (TPSA) is 46.5 Å². The zero-order valence-corrected chi connectivity index (χ0v) is 11.3. The van der Waals surface area contributed by atoms with Crippen LogP contribution in [0.4, 0.5) is 0 Å². The van der Waals surface area contributed by atoms with Gasteiger partial charge < -0.3 is 9.84 Å². The van der Waals surface area contributed by atoms with Gasteiger partial charge in [-0.15, -0.1) is 0 Å². The van der Waals surface area contributed by atoms with Gasteiger partial charge in [0.05, 0.1) is 18.8 Å². The molecule has 0 heterocycles.